The molecule has 2 aromatic carbocycles. The van der Waals surface area contributed by atoms with Crippen LogP contribution in [-0.4, -0.2) is 54.8 Å². The number of aliphatic hydroxyl groups excluding tert-OH is 1. The van der Waals surface area contributed by atoms with Gasteiger partial charge in [0.2, 0.25) is 5.95 Å². The molecule has 38 heavy (non-hydrogen) atoms. The van der Waals surface area contributed by atoms with Gasteiger partial charge >= 0.3 is 5.69 Å². The fourth-order valence-corrected chi connectivity index (χ4v) is 3.72. The second-order valence-electron chi connectivity index (χ2n) is 8.29. The van der Waals surface area contributed by atoms with Crippen molar-refractivity contribution in [2.24, 2.45) is 19.2 Å². The van der Waals surface area contributed by atoms with Gasteiger partial charge in [-0.25, -0.2) is 10.2 Å². The molecule has 198 valence electrons. The van der Waals surface area contributed by atoms with Crippen molar-refractivity contribution < 1.29 is 19.5 Å². The lowest BCUT2D eigenvalue weighted by molar-refractivity contribution is -0.384. The van der Waals surface area contributed by atoms with Crippen LogP contribution in [0.4, 0.5) is 11.6 Å². The predicted molar refractivity (Wildman–Crippen MR) is 139 cm³/mol. The van der Waals surface area contributed by atoms with Crippen LogP contribution < -0.4 is 26.1 Å². The largest absolute Gasteiger partial charge is 0.497 e. The summed E-state index contributed by atoms with van der Waals surface area (Å²) in [6.45, 7) is -0.219. The molecule has 0 spiro atoms. The van der Waals surface area contributed by atoms with E-state index in [4.69, 9.17) is 9.47 Å². The van der Waals surface area contributed by atoms with Crippen LogP contribution in [0.3, 0.4) is 0 Å². The number of methoxy groups -OCH3 is 1. The van der Waals surface area contributed by atoms with Crippen molar-refractivity contribution in [3.05, 3.63) is 85.0 Å². The van der Waals surface area contributed by atoms with Crippen molar-refractivity contribution in [1.29, 1.82) is 0 Å². The standard InChI is InChI=1S/C24H25N7O7/c1-28-21-20(22(33)29(2)24(28)34)30(13-17(32)14-38-19-9-7-18(37-3)8-10-19)23(26-21)27-25-12-15-5-4-6-16(11-15)31(35)36/h4-12,17,32H,13-14H2,1-3H3,(H,26,27)/b25-12-/t17-/m1/s1. The van der Waals surface area contributed by atoms with Crippen molar-refractivity contribution in [3.63, 3.8) is 0 Å². The fraction of sp³-hybridized carbons (Fsp3) is 0.250. The number of nitrogens with one attached hydrogen (secondary N) is 1. The molecule has 2 heterocycles. The summed E-state index contributed by atoms with van der Waals surface area (Å²) in [4.78, 5) is 40.3. The number of aliphatic hydroxyl groups is 1. The number of aryl methyl sites for hydroxylation is 1. The molecular weight excluding hydrogens is 498 g/mol. The van der Waals surface area contributed by atoms with Crippen LogP contribution in [0, 0.1) is 10.1 Å². The minimum atomic E-state index is -1.07. The maximum Gasteiger partial charge on any atom is 0.332 e. The lowest BCUT2D eigenvalue weighted by atomic mass is 10.2. The Morgan fingerprint density at radius 2 is 1.87 bits per heavy atom. The van der Waals surface area contributed by atoms with Gasteiger partial charge in [0.25, 0.3) is 11.2 Å². The number of hydrogen-bond acceptors (Lipinski definition) is 10. The van der Waals surface area contributed by atoms with E-state index in [1.165, 1.54) is 47.6 Å². The molecule has 14 nitrogen and oxygen atoms in total. The third kappa shape index (κ3) is 5.39. The molecule has 0 aliphatic rings. The lowest BCUT2D eigenvalue weighted by Gasteiger charge is -2.15. The molecule has 0 saturated carbocycles. The summed E-state index contributed by atoms with van der Waals surface area (Å²) in [5, 5.41) is 25.8. The Hall–Kier alpha value is -4.98. The van der Waals surface area contributed by atoms with Crippen LogP contribution in [0.25, 0.3) is 11.2 Å². The number of hydrazone groups is 1. The van der Waals surface area contributed by atoms with E-state index in [1.54, 1.807) is 37.4 Å². The summed E-state index contributed by atoms with van der Waals surface area (Å²) in [6, 6.07) is 12.7. The second-order valence-corrected chi connectivity index (χ2v) is 8.29. The highest BCUT2D eigenvalue weighted by atomic mass is 16.6. The third-order valence-corrected chi connectivity index (χ3v) is 5.70. The van der Waals surface area contributed by atoms with Gasteiger partial charge in [-0.15, -0.1) is 0 Å². The number of nitrogens with zero attached hydrogens (tertiary/aromatic N) is 6. The molecule has 0 radical (unpaired) electrons. The number of imidazole rings is 1. The molecule has 0 fully saturated rings. The Balaban J connectivity index is 1.63. The van der Waals surface area contributed by atoms with E-state index in [2.05, 4.69) is 15.5 Å². The molecule has 2 N–H and O–H groups in total. The molecule has 0 aliphatic heterocycles. The maximum atomic E-state index is 13.0. The van der Waals surface area contributed by atoms with Crippen molar-refractivity contribution in [1.82, 2.24) is 18.7 Å². The molecular formula is C24H25N7O7. The fourth-order valence-electron chi connectivity index (χ4n) is 3.72. The average Bonchev–Trinajstić information content (AvgIpc) is 3.27. The number of benzene rings is 2. The van der Waals surface area contributed by atoms with Gasteiger partial charge < -0.3 is 19.1 Å². The first-order chi connectivity index (χ1) is 18.2. The van der Waals surface area contributed by atoms with E-state index in [-0.39, 0.29) is 36.0 Å². The number of fused-ring (bicyclic) bond motifs is 1. The molecule has 14 heteroatoms. The van der Waals surface area contributed by atoms with Crippen LogP contribution in [0.15, 0.2) is 63.2 Å². The number of ether oxygens (including phenoxy) is 2. The van der Waals surface area contributed by atoms with E-state index < -0.39 is 22.3 Å². The zero-order valence-corrected chi connectivity index (χ0v) is 20.8. The molecule has 2 aromatic heterocycles. The number of rotatable bonds is 10. The van der Waals surface area contributed by atoms with Crippen molar-refractivity contribution in [3.8, 4) is 11.5 Å². The van der Waals surface area contributed by atoms with E-state index in [0.29, 0.717) is 17.1 Å². The van der Waals surface area contributed by atoms with Crippen LogP contribution >= 0.6 is 0 Å². The van der Waals surface area contributed by atoms with Crippen LogP contribution in [0.1, 0.15) is 5.56 Å². The Bertz CT molecular complexity index is 1620. The van der Waals surface area contributed by atoms with Gasteiger partial charge in [0.15, 0.2) is 11.2 Å². The molecule has 0 bridgehead atoms. The Morgan fingerprint density at radius 3 is 2.55 bits per heavy atom. The first-order valence-electron chi connectivity index (χ1n) is 11.3. The smallest absolute Gasteiger partial charge is 0.332 e. The monoisotopic (exact) mass is 523 g/mol. The van der Waals surface area contributed by atoms with Crippen LogP contribution in [0.5, 0.6) is 11.5 Å². The van der Waals surface area contributed by atoms with Gasteiger partial charge in [0, 0.05) is 31.8 Å². The molecule has 1 atom stereocenters. The summed E-state index contributed by atoms with van der Waals surface area (Å²) in [5.74, 6) is 1.24. The van der Waals surface area contributed by atoms with Gasteiger partial charge in [0.05, 0.1) is 24.8 Å². The average molecular weight is 524 g/mol. The normalized spacial score (nSPS) is 12.1. The maximum absolute atomic E-state index is 13.0. The zero-order valence-electron chi connectivity index (χ0n) is 20.8. The minimum Gasteiger partial charge on any atom is -0.497 e. The molecule has 0 aliphatic carbocycles. The van der Waals surface area contributed by atoms with E-state index >= 15 is 0 Å². The first kappa shape index (κ1) is 26.1. The van der Waals surface area contributed by atoms with Gasteiger partial charge in [-0.2, -0.15) is 10.1 Å². The summed E-state index contributed by atoms with van der Waals surface area (Å²) < 4.78 is 14.3. The van der Waals surface area contributed by atoms with Crippen molar-refractivity contribution in [2.45, 2.75) is 12.6 Å². The number of anilines is 1. The predicted octanol–water partition coefficient (Wildman–Crippen LogP) is 1.24. The van der Waals surface area contributed by atoms with Crippen LogP contribution in [-0.2, 0) is 20.6 Å². The highest BCUT2D eigenvalue weighted by molar-refractivity contribution is 5.81. The lowest BCUT2D eigenvalue weighted by Crippen LogP contribution is -2.38. The molecule has 0 amide bonds. The number of hydrogen-bond donors (Lipinski definition) is 2. The highest BCUT2D eigenvalue weighted by Crippen LogP contribution is 2.19. The van der Waals surface area contributed by atoms with Gasteiger partial charge in [0.1, 0.15) is 24.2 Å². The molecule has 4 rings (SSSR count). The number of aromatic nitrogens is 4. The Kier molecular flexibility index (Phi) is 7.53. The summed E-state index contributed by atoms with van der Waals surface area (Å²) in [5.41, 5.74) is 2.06. The number of nitro benzene ring substituents is 1. The number of non-ortho nitro benzene ring substituents is 1. The van der Waals surface area contributed by atoms with Crippen molar-refractivity contribution >= 4 is 29.0 Å². The van der Waals surface area contributed by atoms with E-state index in [0.717, 1.165) is 4.57 Å². The quantitative estimate of drug-likeness (QED) is 0.176. The number of nitro groups is 1. The molecule has 4 aromatic rings. The first-order valence-corrected chi connectivity index (χ1v) is 11.3. The molecule has 0 unspecified atom stereocenters. The van der Waals surface area contributed by atoms with Crippen LogP contribution in [0.2, 0.25) is 0 Å². The topological polar surface area (TPSA) is 168 Å². The Labute approximate surface area is 215 Å². The highest BCUT2D eigenvalue weighted by Gasteiger charge is 2.21. The minimum absolute atomic E-state index is 0.0727. The summed E-state index contributed by atoms with van der Waals surface area (Å²) in [6.07, 6.45) is 0.273. The van der Waals surface area contributed by atoms with Crippen molar-refractivity contribution in [2.75, 3.05) is 19.1 Å². The SMILES string of the molecule is COc1ccc(OC[C@H](O)Cn2c(N/N=C\c3cccc([N+](=O)[O-])c3)nc3c2c(=O)n(C)c(=O)n3C)cc1. The van der Waals surface area contributed by atoms with Gasteiger partial charge in [-0.1, -0.05) is 12.1 Å². The molecule has 0 saturated heterocycles. The van der Waals surface area contributed by atoms with Gasteiger partial charge in [-0.05, 0) is 24.3 Å². The second kappa shape index (κ2) is 11.0. The zero-order chi connectivity index (χ0) is 27.4. The summed E-state index contributed by atoms with van der Waals surface area (Å²) in [7, 11) is 4.37. The van der Waals surface area contributed by atoms with E-state index in [1.807, 2.05) is 0 Å². The summed E-state index contributed by atoms with van der Waals surface area (Å²) >= 11 is 0. The third-order valence-electron chi connectivity index (χ3n) is 5.70. The van der Waals surface area contributed by atoms with E-state index in [9.17, 15) is 24.8 Å². The Morgan fingerprint density at radius 1 is 1.16 bits per heavy atom. The van der Waals surface area contributed by atoms with Gasteiger partial charge in [-0.3, -0.25) is 24.0 Å².